The van der Waals surface area contributed by atoms with Crippen LogP contribution in [-0.2, 0) is 11.2 Å². The highest BCUT2D eigenvalue weighted by Gasteiger charge is 2.21. The molecular weight excluding hydrogens is 150 g/mol. The molecule has 2 heterocycles. The van der Waals surface area contributed by atoms with Crippen LogP contribution in [0.15, 0.2) is 18.3 Å². The van der Waals surface area contributed by atoms with Crippen molar-refractivity contribution >= 4 is 0 Å². The molecule has 0 spiro atoms. The van der Waals surface area contributed by atoms with Gasteiger partial charge in [-0.3, -0.25) is 4.98 Å². The van der Waals surface area contributed by atoms with E-state index in [2.05, 4.69) is 24.0 Å². The first-order chi connectivity index (χ1) is 5.84. The molecule has 0 bridgehead atoms. The Morgan fingerprint density at radius 2 is 2.42 bits per heavy atom. The Balaban J connectivity index is 1.89. The summed E-state index contributed by atoms with van der Waals surface area (Å²) in [5.74, 6) is 0. The van der Waals surface area contributed by atoms with Crippen LogP contribution in [0.2, 0.25) is 0 Å². The molecule has 0 radical (unpaired) electrons. The molecule has 0 aliphatic carbocycles. The second-order valence-corrected chi connectivity index (χ2v) is 3.32. The third-order valence-corrected chi connectivity index (χ3v) is 2.10. The Labute approximate surface area is 72.6 Å². The standard InChI is InChI=1S/C10H13NO/c1-8-2-3-9(11-6-8)4-5-10-7-12-10/h2-3,6,10H,4-5,7H2,1H3/t10-/m0/s1. The van der Waals surface area contributed by atoms with Gasteiger partial charge in [-0.05, 0) is 31.4 Å². The summed E-state index contributed by atoms with van der Waals surface area (Å²) >= 11 is 0. The van der Waals surface area contributed by atoms with Crippen molar-refractivity contribution in [3.05, 3.63) is 29.6 Å². The van der Waals surface area contributed by atoms with Crippen molar-refractivity contribution in [2.75, 3.05) is 6.61 Å². The number of hydrogen-bond acceptors (Lipinski definition) is 2. The largest absolute Gasteiger partial charge is 0.373 e. The van der Waals surface area contributed by atoms with Crippen LogP contribution >= 0.6 is 0 Å². The highest BCUT2D eigenvalue weighted by atomic mass is 16.6. The summed E-state index contributed by atoms with van der Waals surface area (Å²) < 4.78 is 5.13. The SMILES string of the molecule is Cc1ccc(CC[C@H]2CO2)nc1. The third kappa shape index (κ3) is 2.05. The highest BCUT2D eigenvalue weighted by Crippen LogP contribution is 2.15. The summed E-state index contributed by atoms with van der Waals surface area (Å²) in [6.45, 7) is 3.01. The van der Waals surface area contributed by atoms with Gasteiger partial charge in [0.15, 0.2) is 0 Å². The number of epoxide rings is 1. The first-order valence-electron chi connectivity index (χ1n) is 4.38. The number of hydrogen-bond donors (Lipinski definition) is 0. The maximum Gasteiger partial charge on any atom is 0.0813 e. The minimum Gasteiger partial charge on any atom is -0.373 e. The van der Waals surface area contributed by atoms with E-state index in [0.29, 0.717) is 6.10 Å². The van der Waals surface area contributed by atoms with Crippen LogP contribution in [-0.4, -0.2) is 17.7 Å². The van der Waals surface area contributed by atoms with E-state index in [1.807, 2.05) is 6.20 Å². The second kappa shape index (κ2) is 3.23. The maximum absolute atomic E-state index is 5.13. The molecule has 0 saturated carbocycles. The van der Waals surface area contributed by atoms with E-state index in [-0.39, 0.29) is 0 Å². The van der Waals surface area contributed by atoms with E-state index in [9.17, 15) is 0 Å². The first kappa shape index (κ1) is 7.74. The minimum atomic E-state index is 0.521. The lowest BCUT2D eigenvalue weighted by Gasteiger charge is -1.97. The number of aromatic nitrogens is 1. The van der Waals surface area contributed by atoms with Crippen LogP contribution in [0.5, 0.6) is 0 Å². The zero-order chi connectivity index (χ0) is 8.39. The van der Waals surface area contributed by atoms with Crippen LogP contribution < -0.4 is 0 Å². The number of rotatable bonds is 3. The van der Waals surface area contributed by atoms with Crippen LogP contribution in [0.1, 0.15) is 17.7 Å². The Kier molecular flexibility index (Phi) is 2.09. The van der Waals surface area contributed by atoms with Gasteiger partial charge in [-0.2, -0.15) is 0 Å². The molecule has 1 aromatic heterocycles. The smallest absolute Gasteiger partial charge is 0.0813 e. The van der Waals surface area contributed by atoms with E-state index in [0.717, 1.165) is 19.4 Å². The molecule has 1 aliphatic heterocycles. The fourth-order valence-electron chi connectivity index (χ4n) is 1.19. The molecule has 1 aromatic rings. The van der Waals surface area contributed by atoms with Crippen LogP contribution in [0, 0.1) is 6.92 Å². The van der Waals surface area contributed by atoms with Crippen molar-refractivity contribution in [3.63, 3.8) is 0 Å². The number of nitrogens with zero attached hydrogens (tertiary/aromatic N) is 1. The van der Waals surface area contributed by atoms with Crippen molar-refractivity contribution in [2.24, 2.45) is 0 Å². The van der Waals surface area contributed by atoms with Gasteiger partial charge in [0.25, 0.3) is 0 Å². The van der Waals surface area contributed by atoms with Crippen molar-refractivity contribution in [1.29, 1.82) is 0 Å². The number of aryl methyl sites for hydroxylation is 2. The molecule has 2 rings (SSSR count). The molecule has 1 atom stereocenters. The Bertz CT molecular complexity index is 251. The molecule has 0 aromatic carbocycles. The summed E-state index contributed by atoms with van der Waals surface area (Å²) in [4.78, 5) is 4.32. The number of pyridine rings is 1. The Hall–Kier alpha value is -0.890. The molecule has 2 nitrogen and oxygen atoms in total. The van der Waals surface area contributed by atoms with Gasteiger partial charge < -0.3 is 4.74 Å². The Morgan fingerprint density at radius 3 is 3.00 bits per heavy atom. The van der Waals surface area contributed by atoms with Crippen LogP contribution in [0.25, 0.3) is 0 Å². The molecule has 64 valence electrons. The summed E-state index contributed by atoms with van der Waals surface area (Å²) in [7, 11) is 0. The van der Waals surface area contributed by atoms with Crippen molar-refractivity contribution < 1.29 is 4.74 Å². The van der Waals surface area contributed by atoms with Crippen LogP contribution in [0.3, 0.4) is 0 Å². The summed E-state index contributed by atoms with van der Waals surface area (Å²) in [6, 6.07) is 4.20. The van der Waals surface area contributed by atoms with Gasteiger partial charge in [0.05, 0.1) is 12.7 Å². The zero-order valence-corrected chi connectivity index (χ0v) is 7.29. The molecule has 1 aliphatic rings. The fraction of sp³-hybridized carbons (Fsp3) is 0.500. The molecular formula is C10H13NO. The van der Waals surface area contributed by atoms with Gasteiger partial charge in [0, 0.05) is 11.9 Å². The zero-order valence-electron chi connectivity index (χ0n) is 7.29. The average Bonchev–Trinajstić information content (AvgIpc) is 2.87. The first-order valence-corrected chi connectivity index (χ1v) is 4.38. The highest BCUT2D eigenvalue weighted by molar-refractivity contribution is 5.12. The van der Waals surface area contributed by atoms with Gasteiger partial charge in [-0.1, -0.05) is 6.07 Å². The summed E-state index contributed by atoms with van der Waals surface area (Å²) in [6.07, 6.45) is 4.61. The van der Waals surface area contributed by atoms with E-state index in [1.165, 1.54) is 11.3 Å². The minimum absolute atomic E-state index is 0.521. The third-order valence-electron chi connectivity index (χ3n) is 2.10. The van der Waals surface area contributed by atoms with E-state index in [1.54, 1.807) is 0 Å². The lowest BCUT2D eigenvalue weighted by molar-refractivity contribution is 0.396. The van der Waals surface area contributed by atoms with Gasteiger partial charge in [0.1, 0.15) is 0 Å². The molecule has 0 amide bonds. The van der Waals surface area contributed by atoms with E-state index in [4.69, 9.17) is 4.74 Å². The van der Waals surface area contributed by atoms with Gasteiger partial charge in [-0.15, -0.1) is 0 Å². The normalized spacial score (nSPS) is 20.9. The lowest BCUT2D eigenvalue weighted by atomic mass is 10.2. The quantitative estimate of drug-likeness (QED) is 0.634. The topological polar surface area (TPSA) is 25.4 Å². The fourth-order valence-corrected chi connectivity index (χ4v) is 1.19. The van der Waals surface area contributed by atoms with E-state index >= 15 is 0 Å². The second-order valence-electron chi connectivity index (χ2n) is 3.32. The average molecular weight is 163 g/mol. The number of ether oxygens (including phenoxy) is 1. The molecule has 2 heteroatoms. The Morgan fingerprint density at radius 1 is 1.58 bits per heavy atom. The molecule has 1 fully saturated rings. The predicted molar refractivity (Wildman–Crippen MR) is 47.0 cm³/mol. The molecule has 1 saturated heterocycles. The summed E-state index contributed by atoms with van der Waals surface area (Å²) in [5.41, 5.74) is 2.40. The molecule has 0 N–H and O–H groups in total. The van der Waals surface area contributed by atoms with Gasteiger partial charge >= 0.3 is 0 Å². The maximum atomic E-state index is 5.13. The van der Waals surface area contributed by atoms with Crippen molar-refractivity contribution in [3.8, 4) is 0 Å². The molecule has 12 heavy (non-hydrogen) atoms. The lowest BCUT2D eigenvalue weighted by Crippen LogP contribution is -1.93. The monoisotopic (exact) mass is 163 g/mol. The van der Waals surface area contributed by atoms with Crippen molar-refractivity contribution in [1.82, 2.24) is 4.98 Å². The predicted octanol–water partition coefficient (Wildman–Crippen LogP) is 1.72. The van der Waals surface area contributed by atoms with Crippen LogP contribution in [0.4, 0.5) is 0 Å². The summed E-state index contributed by atoms with van der Waals surface area (Å²) in [5, 5.41) is 0. The van der Waals surface area contributed by atoms with Gasteiger partial charge in [0.2, 0.25) is 0 Å². The van der Waals surface area contributed by atoms with Gasteiger partial charge in [-0.25, -0.2) is 0 Å². The molecule has 0 unspecified atom stereocenters. The van der Waals surface area contributed by atoms with Crippen molar-refractivity contribution in [2.45, 2.75) is 25.9 Å². The van der Waals surface area contributed by atoms with E-state index < -0.39 is 0 Å².